The van der Waals surface area contributed by atoms with Gasteiger partial charge in [0.1, 0.15) is 5.58 Å². The molecule has 3 rings (SSSR count). The summed E-state index contributed by atoms with van der Waals surface area (Å²) in [7, 11) is 0. The van der Waals surface area contributed by atoms with Crippen molar-refractivity contribution in [3.63, 3.8) is 0 Å². The second kappa shape index (κ2) is 3.93. The van der Waals surface area contributed by atoms with E-state index >= 15 is 0 Å². The molecular weight excluding hydrogens is 232 g/mol. The first-order valence-corrected chi connectivity index (χ1v) is 6.51. The molecule has 0 N–H and O–H groups in total. The Morgan fingerprint density at radius 3 is 2.71 bits per heavy atom. The van der Waals surface area contributed by atoms with Crippen LogP contribution in [0.4, 0.5) is 0 Å². The zero-order valence-corrected chi connectivity index (χ0v) is 10.1. The van der Waals surface area contributed by atoms with Crippen molar-refractivity contribution in [1.29, 1.82) is 0 Å². The lowest BCUT2D eigenvalue weighted by Crippen LogP contribution is -1.99. The van der Waals surface area contributed by atoms with E-state index in [2.05, 4.69) is 0 Å². The highest BCUT2D eigenvalue weighted by Gasteiger charge is 2.07. The summed E-state index contributed by atoms with van der Waals surface area (Å²) in [5.74, 6) is 0. The van der Waals surface area contributed by atoms with Crippen molar-refractivity contribution in [2.45, 2.75) is 5.09 Å². The van der Waals surface area contributed by atoms with Crippen LogP contribution in [-0.4, -0.2) is 6.26 Å². The predicted molar refractivity (Wildman–Crippen MR) is 71.8 cm³/mol. The molecule has 1 heterocycles. The molecule has 17 heavy (non-hydrogen) atoms. The highest BCUT2D eigenvalue weighted by molar-refractivity contribution is 7.98. The number of thioether (sulfide) groups is 1. The van der Waals surface area contributed by atoms with Gasteiger partial charge < -0.3 is 4.42 Å². The Bertz CT molecular complexity index is 759. The lowest BCUT2D eigenvalue weighted by Gasteiger charge is -2.03. The van der Waals surface area contributed by atoms with Gasteiger partial charge in [0.15, 0.2) is 10.5 Å². The topological polar surface area (TPSA) is 30.2 Å². The second-order valence-electron chi connectivity index (χ2n) is 3.80. The molecule has 0 unspecified atom stereocenters. The first-order valence-electron chi connectivity index (χ1n) is 5.29. The molecule has 0 saturated carbocycles. The van der Waals surface area contributed by atoms with E-state index in [9.17, 15) is 4.79 Å². The Balaban J connectivity index is 2.56. The molecule has 84 valence electrons. The van der Waals surface area contributed by atoms with Crippen molar-refractivity contribution < 1.29 is 4.42 Å². The Hall–Kier alpha value is -1.74. The number of hydrogen-bond donors (Lipinski definition) is 0. The van der Waals surface area contributed by atoms with Gasteiger partial charge in [-0.2, -0.15) is 0 Å². The fourth-order valence-corrected chi connectivity index (χ4v) is 2.35. The van der Waals surface area contributed by atoms with Crippen LogP contribution in [0, 0.1) is 0 Å². The van der Waals surface area contributed by atoms with Crippen molar-refractivity contribution in [1.82, 2.24) is 0 Å². The Kier molecular flexibility index (Phi) is 2.41. The summed E-state index contributed by atoms with van der Waals surface area (Å²) in [6, 6.07) is 13.2. The summed E-state index contributed by atoms with van der Waals surface area (Å²) in [4.78, 5) is 11.9. The lowest BCUT2D eigenvalue weighted by molar-refractivity contribution is 0.503. The largest absolute Gasteiger partial charge is 0.449 e. The molecule has 0 atom stereocenters. The molecule has 0 aliphatic heterocycles. The molecule has 0 spiro atoms. The van der Waals surface area contributed by atoms with Crippen LogP contribution in [0.25, 0.3) is 21.7 Å². The summed E-state index contributed by atoms with van der Waals surface area (Å²) in [6.45, 7) is 0. The van der Waals surface area contributed by atoms with Crippen molar-refractivity contribution in [2.24, 2.45) is 0 Å². The number of rotatable bonds is 1. The average Bonchev–Trinajstić information content (AvgIpc) is 2.38. The van der Waals surface area contributed by atoms with Crippen LogP contribution in [0.5, 0.6) is 0 Å². The van der Waals surface area contributed by atoms with Crippen LogP contribution in [0.2, 0.25) is 0 Å². The molecule has 0 amide bonds. The fourth-order valence-electron chi connectivity index (χ4n) is 1.96. The minimum Gasteiger partial charge on any atom is -0.449 e. The summed E-state index contributed by atoms with van der Waals surface area (Å²) < 4.78 is 5.77. The molecule has 0 bridgehead atoms. The zero-order chi connectivity index (χ0) is 11.8. The van der Waals surface area contributed by atoms with Crippen LogP contribution in [0.15, 0.2) is 56.8 Å². The van der Waals surface area contributed by atoms with Gasteiger partial charge >= 0.3 is 0 Å². The summed E-state index contributed by atoms with van der Waals surface area (Å²) in [5, 5.41) is 3.36. The second-order valence-corrected chi connectivity index (χ2v) is 4.61. The normalized spacial score (nSPS) is 11.1. The van der Waals surface area contributed by atoms with E-state index < -0.39 is 0 Å². The SMILES string of the molecule is CSc1cc(=O)c2ccc3ccccc3c2o1. The van der Waals surface area contributed by atoms with Crippen LogP contribution < -0.4 is 5.43 Å². The molecule has 0 fully saturated rings. The minimum absolute atomic E-state index is 0.0151. The average molecular weight is 242 g/mol. The minimum atomic E-state index is 0.0151. The van der Waals surface area contributed by atoms with E-state index in [4.69, 9.17) is 4.42 Å². The highest BCUT2D eigenvalue weighted by atomic mass is 32.2. The molecule has 0 aliphatic rings. The molecule has 0 saturated heterocycles. The van der Waals surface area contributed by atoms with E-state index in [1.165, 1.54) is 11.8 Å². The first kappa shape index (κ1) is 10.4. The van der Waals surface area contributed by atoms with Gasteiger partial charge in [0, 0.05) is 11.5 Å². The molecular formula is C14H10O2S. The quantitative estimate of drug-likeness (QED) is 0.482. The maximum absolute atomic E-state index is 11.9. The van der Waals surface area contributed by atoms with Crippen molar-refractivity contribution >= 4 is 33.5 Å². The van der Waals surface area contributed by atoms with Crippen molar-refractivity contribution in [3.8, 4) is 0 Å². The van der Waals surface area contributed by atoms with Crippen molar-refractivity contribution in [2.75, 3.05) is 6.26 Å². The highest BCUT2D eigenvalue weighted by Crippen LogP contribution is 2.26. The zero-order valence-electron chi connectivity index (χ0n) is 9.27. The Morgan fingerprint density at radius 2 is 1.88 bits per heavy atom. The van der Waals surface area contributed by atoms with Gasteiger partial charge in [0.05, 0.1) is 5.39 Å². The Labute approximate surface area is 102 Å². The molecule has 3 aromatic rings. The number of fused-ring (bicyclic) bond motifs is 3. The smallest absolute Gasteiger partial charge is 0.193 e. The van der Waals surface area contributed by atoms with E-state index in [-0.39, 0.29) is 5.43 Å². The Morgan fingerprint density at radius 1 is 1.06 bits per heavy atom. The molecule has 0 radical (unpaired) electrons. The van der Waals surface area contributed by atoms with Crippen LogP contribution >= 0.6 is 11.8 Å². The monoisotopic (exact) mass is 242 g/mol. The van der Waals surface area contributed by atoms with E-state index in [1.54, 1.807) is 6.07 Å². The van der Waals surface area contributed by atoms with Crippen LogP contribution in [0.1, 0.15) is 0 Å². The molecule has 2 aromatic carbocycles. The molecule has 1 aromatic heterocycles. The molecule has 0 aliphatic carbocycles. The third-order valence-corrected chi connectivity index (χ3v) is 3.40. The first-order chi connectivity index (χ1) is 8.29. The van der Waals surface area contributed by atoms with E-state index in [0.717, 1.165) is 10.8 Å². The maximum Gasteiger partial charge on any atom is 0.193 e. The third-order valence-electron chi connectivity index (χ3n) is 2.80. The van der Waals surface area contributed by atoms with Crippen molar-refractivity contribution in [3.05, 3.63) is 52.7 Å². The molecule has 2 nitrogen and oxygen atoms in total. The summed E-state index contributed by atoms with van der Waals surface area (Å²) in [5.41, 5.74) is 0.696. The van der Waals surface area contributed by atoms with Gasteiger partial charge in [-0.1, -0.05) is 42.1 Å². The summed E-state index contributed by atoms with van der Waals surface area (Å²) in [6.07, 6.45) is 1.90. The number of hydrogen-bond acceptors (Lipinski definition) is 3. The molecule has 3 heteroatoms. The van der Waals surface area contributed by atoms with Gasteiger partial charge in [-0.05, 0) is 17.7 Å². The van der Waals surface area contributed by atoms with Gasteiger partial charge in [-0.25, -0.2) is 0 Å². The van der Waals surface area contributed by atoms with E-state index in [1.807, 2.05) is 42.7 Å². The fraction of sp³-hybridized carbons (Fsp3) is 0.0714. The number of benzene rings is 2. The summed E-state index contributed by atoms with van der Waals surface area (Å²) >= 11 is 1.44. The predicted octanol–water partition coefficient (Wildman–Crippen LogP) is 3.67. The van der Waals surface area contributed by atoms with Gasteiger partial charge in [0.25, 0.3) is 0 Å². The lowest BCUT2D eigenvalue weighted by atomic mass is 10.1. The van der Waals surface area contributed by atoms with Crippen LogP contribution in [-0.2, 0) is 0 Å². The third kappa shape index (κ3) is 1.63. The van der Waals surface area contributed by atoms with Gasteiger partial charge in [0.2, 0.25) is 0 Å². The van der Waals surface area contributed by atoms with E-state index in [0.29, 0.717) is 16.1 Å². The standard InChI is InChI=1S/C14H10O2S/c1-17-13-8-12(15)11-7-6-9-4-2-3-5-10(9)14(11)16-13/h2-8H,1H3. The maximum atomic E-state index is 11.9. The van der Waals surface area contributed by atoms with Gasteiger partial charge in [-0.15, -0.1) is 0 Å². The van der Waals surface area contributed by atoms with Crippen LogP contribution in [0.3, 0.4) is 0 Å². The van der Waals surface area contributed by atoms with Gasteiger partial charge in [-0.3, -0.25) is 4.79 Å².